The molecule has 0 bridgehead atoms. The number of aliphatic hydroxyl groups excluding tert-OH is 1. The minimum atomic E-state index is -0.102. The zero-order chi connectivity index (χ0) is 12.8. The highest BCUT2D eigenvalue weighted by Crippen LogP contribution is 2.25. The molecule has 1 N–H and O–H groups in total. The second-order valence-corrected chi connectivity index (χ2v) is 4.31. The maximum absolute atomic E-state index is 9.39. The summed E-state index contributed by atoms with van der Waals surface area (Å²) in [6.45, 7) is 0.377. The Bertz CT molecular complexity index is 490. The Hall–Kier alpha value is -1.58. The number of aromatic nitrogens is 1. The molecule has 0 saturated heterocycles. The molecule has 2 rings (SSSR count). The first-order valence-electron chi connectivity index (χ1n) is 5.69. The van der Waals surface area contributed by atoms with Crippen molar-refractivity contribution in [1.82, 2.24) is 4.98 Å². The third-order valence-corrected chi connectivity index (χ3v) is 2.97. The van der Waals surface area contributed by atoms with Crippen LogP contribution in [-0.2, 0) is 0 Å². The second kappa shape index (κ2) is 6.38. The van der Waals surface area contributed by atoms with Crippen LogP contribution in [0.25, 0.3) is 0 Å². The third kappa shape index (κ3) is 3.22. The molecule has 1 atom stereocenters. The summed E-state index contributed by atoms with van der Waals surface area (Å²) in [4.78, 5) is 4.03. The second-order valence-electron chi connectivity index (χ2n) is 3.91. The van der Waals surface area contributed by atoms with Crippen molar-refractivity contribution < 1.29 is 9.84 Å². The summed E-state index contributed by atoms with van der Waals surface area (Å²) in [5.74, 6) is 0.525. The normalized spacial score (nSPS) is 12.1. The van der Waals surface area contributed by atoms with E-state index in [1.54, 1.807) is 24.5 Å². The molecule has 0 radical (unpaired) electrons. The summed E-state index contributed by atoms with van der Waals surface area (Å²) in [5.41, 5.74) is 0.951. The maximum Gasteiger partial charge on any atom is 0.137 e. The Balaban J connectivity index is 2.02. The van der Waals surface area contributed by atoms with Crippen LogP contribution in [0.2, 0.25) is 5.02 Å². The molecular formula is C14H14ClNO2. The van der Waals surface area contributed by atoms with Crippen LogP contribution in [0.4, 0.5) is 0 Å². The van der Waals surface area contributed by atoms with Gasteiger partial charge in [-0.2, -0.15) is 0 Å². The molecule has 1 aromatic carbocycles. The fourth-order valence-corrected chi connectivity index (χ4v) is 1.81. The van der Waals surface area contributed by atoms with Crippen molar-refractivity contribution in [2.75, 3.05) is 13.2 Å². The van der Waals surface area contributed by atoms with Crippen LogP contribution in [0.1, 0.15) is 11.5 Å². The van der Waals surface area contributed by atoms with Gasteiger partial charge in [0.1, 0.15) is 5.75 Å². The number of rotatable bonds is 5. The number of para-hydroxylation sites is 1. The van der Waals surface area contributed by atoms with Gasteiger partial charge in [0.25, 0.3) is 0 Å². The highest BCUT2D eigenvalue weighted by Gasteiger charge is 2.12. The van der Waals surface area contributed by atoms with Crippen LogP contribution in [0.5, 0.6) is 5.75 Å². The van der Waals surface area contributed by atoms with Gasteiger partial charge in [0.2, 0.25) is 0 Å². The highest BCUT2D eigenvalue weighted by atomic mass is 35.5. The summed E-state index contributed by atoms with van der Waals surface area (Å²) in [5, 5.41) is 9.96. The molecule has 0 fully saturated rings. The van der Waals surface area contributed by atoms with Crippen LogP contribution in [-0.4, -0.2) is 23.3 Å². The van der Waals surface area contributed by atoms with Gasteiger partial charge < -0.3 is 9.84 Å². The quantitative estimate of drug-likeness (QED) is 0.902. The van der Waals surface area contributed by atoms with Crippen LogP contribution in [0.15, 0.2) is 48.8 Å². The van der Waals surface area contributed by atoms with E-state index in [1.165, 1.54) is 0 Å². The Labute approximate surface area is 111 Å². The van der Waals surface area contributed by atoms with Gasteiger partial charge in [-0.15, -0.1) is 0 Å². The first-order chi connectivity index (χ1) is 8.81. The molecule has 4 heteroatoms. The molecule has 0 saturated carbocycles. The van der Waals surface area contributed by atoms with Crippen LogP contribution in [0.3, 0.4) is 0 Å². The Kier molecular flexibility index (Phi) is 4.56. The highest BCUT2D eigenvalue weighted by molar-refractivity contribution is 6.32. The predicted molar refractivity (Wildman–Crippen MR) is 71.0 cm³/mol. The minimum absolute atomic E-state index is 0.0101. The molecule has 0 aliphatic heterocycles. The van der Waals surface area contributed by atoms with E-state index in [1.807, 2.05) is 24.3 Å². The van der Waals surface area contributed by atoms with Gasteiger partial charge in [-0.1, -0.05) is 29.8 Å². The van der Waals surface area contributed by atoms with Crippen molar-refractivity contribution in [2.45, 2.75) is 5.92 Å². The van der Waals surface area contributed by atoms with Crippen molar-refractivity contribution in [3.63, 3.8) is 0 Å². The van der Waals surface area contributed by atoms with E-state index >= 15 is 0 Å². The van der Waals surface area contributed by atoms with Crippen molar-refractivity contribution >= 4 is 11.6 Å². The predicted octanol–water partition coefficient (Wildman–Crippen LogP) is 2.89. The van der Waals surface area contributed by atoms with Crippen molar-refractivity contribution in [3.8, 4) is 5.75 Å². The Morgan fingerprint density at radius 1 is 1.22 bits per heavy atom. The first kappa shape index (κ1) is 12.9. The molecule has 94 valence electrons. The largest absolute Gasteiger partial charge is 0.491 e. The van der Waals surface area contributed by atoms with E-state index < -0.39 is 0 Å². The summed E-state index contributed by atoms with van der Waals surface area (Å²) in [6.07, 6.45) is 3.43. The number of hydrogen-bond donors (Lipinski definition) is 1. The van der Waals surface area contributed by atoms with Gasteiger partial charge in [0, 0.05) is 18.3 Å². The molecule has 1 unspecified atom stereocenters. The number of benzene rings is 1. The first-order valence-corrected chi connectivity index (χ1v) is 6.07. The number of nitrogens with zero attached hydrogens (tertiary/aromatic N) is 1. The van der Waals surface area contributed by atoms with E-state index in [0.29, 0.717) is 17.4 Å². The molecule has 1 aromatic heterocycles. The molecule has 0 aliphatic carbocycles. The summed E-state index contributed by atoms with van der Waals surface area (Å²) in [6, 6.07) is 11.0. The van der Waals surface area contributed by atoms with E-state index in [-0.39, 0.29) is 12.5 Å². The smallest absolute Gasteiger partial charge is 0.137 e. The summed E-state index contributed by atoms with van der Waals surface area (Å²) < 4.78 is 5.62. The van der Waals surface area contributed by atoms with Crippen LogP contribution >= 0.6 is 11.6 Å². The monoisotopic (exact) mass is 263 g/mol. The number of pyridine rings is 1. The maximum atomic E-state index is 9.39. The number of aliphatic hydroxyl groups is 1. The minimum Gasteiger partial charge on any atom is -0.491 e. The van der Waals surface area contributed by atoms with Crippen LogP contribution in [0, 0.1) is 0 Å². The molecule has 2 aromatic rings. The van der Waals surface area contributed by atoms with E-state index in [0.717, 1.165) is 5.56 Å². The lowest BCUT2D eigenvalue weighted by Crippen LogP contribution is -2.14. The standard InChI is InChI=1S/C14H14ClNO2/c15-13-5-1-2-6-14(13)18-10-12(9-17)11-4-3-7-16-8-11/h1-8,12,17H,9-10H2. The van der Waals surface area contributed by atoms with Gasteiger partial charge in [0.15, 0.2) is 0 Å². The topological polar surface area (TPSA) is 42.4 Å². The molecule has 1 heterocycles. The molecule has 3 nitrogen and oxygen atoms in total. The molecule has 0 aliphatic rings. The van der Waals surface area contributed by atoms with E-state index in [4.69, 9.17) is 16.3 Å². The number of hydrogen-bond acceptors (Lipinski definition) is 3. The van der Waals surface area contributed by atoms with Crippen LogP contribution < -0.4 is 4.74 Å². The molecule has 18 heavy (non-hydrogen) atoms. The molecule has 0 spiro atoms. The summed E-state index contributed by atoms with van der Waals surface area (Å²) >= 11 is 6.00. The van der Waals surface area contributed by atoms with Gasteiger partial charge in [-0.05, 0) is 23.8 Å². The van der Waals surface area contributed by atoms with Gasteiger partial charge in [-0.3, -0.25) is 4.98 Å². The average Bonchev–Trinajstić information content (AvgIpc) is 2.42. The molecular weight excluding hydrogens is 250 g/mol. The number of halogens is 1. The van der Waals surface area contributed by atoms with Gasteiger partial charge >= 0.3 is 0 Å². The van der Waals surface area contributed by atoms with Gasteiger partial charge in [0.05, 0.1) is 18.2 Å². The molecule has 0 amide bonds. The van der Waals surface area contributed by atoms with E-state index in [9.17, 15) is 5.11 Å². The fourth-order valence-electron chi connectivity index (χ4n) is 1.62. The fraction of sp³-hybridized carbons (Fsp3) is 0.214. The third-order valence-electron chi connectivity index (χ3n) is 2.65. The van der Waals surface area contributed by atoms with Crippen molar-refractivity contribution in [1.29, 1.82) is 0 Å². The lowest BCUT2D eigenvalue weighted by Gasteiger charge is -2.15. The van der Waals surface area contributed by atoms with E-state index in [2.05, 4.69) is 4.98 Å². The zero-order valence-electron chi connectivity index (χ0n) is 9.79. The Morgan fingerprint density at radius 2 is 2.06 bits per heavy atom. The van der Waals surface area contributed by atoms with Crippen molar-refractivity contribution in [3.05, 3.63) is 59.4 Å². The zero-order valence-corrected chi connectivity index (χ0v) is 10.5. The summed E-state index contributed by atoms with van der Waals surface area (Å²) in [7, 11) is 0. The SMILES string of the molecule is OCC(COc1ccccc1Cl)c1cccnc1. The van der Waals surface area contributed by atoms with Gasteiger partial charge in [-0.25, -0.2) is 0 Å². The Morgan fingerprint density at radius 3 is 2.72 bits per heavy atom. The lowest BCUT2D eigenvalue weighted by molar-refractivity contribution is 0.205. The lowest BCUT2D eigenvalue weighted by atomic mass is 10.0. The van der Waals surface area contributed by atoms with Crippen molar-refractivity contribution in [2.24, 2.45) is 0 Å². The average molecular weight is 264 g/mol. The number of ether oxygens (including phenoxy) is 1.